The average Bonchev–Trinajstić information content (AvgIpc) is 2.23. The monoisotopic (exact) mass is 231 g/mol. The molecule has 90 valence electrons. The highest BCUT2D eigenvalue weighted by Gasteiger charge is 2.17. The molecule has 0 spiro atoms. The fraction of sp³-hybridized carbons (Fsp3) is 0.500. The predicted molar refractivity (Wildman–Crippen MR) is 57.3 cm³/mol. The molecule has 1 aromatic carbocycles. The Morgan fingerprint density at radius 3 is 2.25 bits per heavy atom. The third-order valence-electron chi connectivity index (χ3n) is 2.79. The Kier molecular flexibility index (Phi) is 4.35. The lowest BCUT2D eigenvalue weighted by Crippen LogP contribution is -2.16. The molecule has 0 aliphatic heterocycles. The highest BCUT2D eigenvalue weighted by molar-refractivity contribution is 5.23. The fourth-order valence-electron chi connectivity index (χ4n) is 1.55. The largest absolute Gasteiger partial charge is 0.324 e. The fourth-order valence-corrected chi connectivity index (χ4v) is 1.55. The quantitative estimate of drug-likeness (QED) is 0.788. The van der Waals surface area contributed by atoms with Crippen molar-refractivity contribution in [1.29, 1.82) is 0 Å². The molecule has 0 saturated carbocycles. The lowest BCUT2D eigenvalue weighted by molar-refractivity contribution is 0.439. The van der Waals surface area contributed by atoms with Crippen molar-refractivity contribution in [2.45, 2.75) is 32.7 Å². The summed E-state index contributed by atoms with van der Waals surface area (Å²) in [5.74, 6) is -2.70. The van der Waals surface area contributed by atoms with Crippen LogP contribution in [0.4, 0.5) is 13.2 Å². The van der Waals surface area contributed by atoms with E-state index in [1.807, 2.05) is 13.8 Å². The minimum Gasteiger partial charge on any atom is -0.324 e. The van der Waals surface area contributed by atoms with Crippen LogP contribution < -0.4 is 5.73 Å². The Morgan fingerprint density at radius 1 is 1.12 bits per heavy atom. The predicted octanol–water partition coefficient (Wildman–Crippen LogP) is 3.54. The van der Waals surface area contributed by atoms with Crippen LogP contribution in [-0.2, 0) is 0 Å². The lowest BCUT2D eigenvalue weighted by Gasteiger charge is -2.17. The van der Waals surface area contributed by atoms with Gasteiger partial charge in [0.1, 0.15) is 5.82 Å². The molecule has 0 bridgehead atoms. The molecule has 0 aliphatic rings. The van der Waals surface area contributed by atoms with Crippen LogP contribution in [0.15, 0.2) is 12.1 Å². The van der Waals surface area contributed by atoms with Gasteiger partial charge in [0.25, 0.3) is 0 Å². The Morgan fingerprint density at radius 2 is 1.69 bits per heavy atom. The zero-order chi connectivity index (χ0) is 12.3. The van der Waals surface area contributed by atoms with Crippen LogP contribution in [0.25, 0.3) is 0 Å². The van der Waals surface area contributed by atoms with Crippen molar-refractivity contribution in [3.63, 3.8) is 0 Å². The summed E-state index contributed by atoms with van der Waals surface area (Å²) >= 11 is 0. The van der Waals surface area contributed by atoms with E-state index in [4.69, 9.17) is 5.73 Å². The highest BCUT2D eigenvalue weighted by atomic mass is 19.2. The van der Waals surface area contributed by atoms with E-state index in [0.29, 0.717) is 18.4 Å². The maximum absolute atomic E-state index is 13.3. The first kappa shape index (κ1) is 13.0. The van der Waals surface area contributed by atoms with Crippen molar-refractivity contribution in [3.8, 4) is 0 Å². The molecule has 0 aromatic heterocycles. The van der Waals surface area contributed by atoms with Crippen LogP contribution >= 0.6 is 0 Å². The highest BCUT2D eigenvalue weighted by Crippen LogP contribution is 2.24. The molecule has 1 nitrogen and oxygen atoms in total. The van der Waals surface area contributed by atoms with Gasteiger partial charge in [0.05, 0.1) is 0 Å². The van der Waals surface area contributed by atoms with Gasteiger partial charge in [-0.2, -0.15) is 0 Å². The molecule has 1 aromatic rings. The van der Waals surface area contributed by atoms with E-state index in [1.54, 1.807) is 0 Å². The summed E-state index contributed by atoms with van der Waals surface area (Å²) in [5, 5.41) is 0. The zero-order valence-corrected chi connectivity index (χ0v) is 9.43. The molecule has 0 fully saturated rings. The number of hydrogen-bond acceptors (Lipinski definition) is 1. The molecule has 4 heteroatoms. The Bertz CT molecular complexity index is 366. The second-order valence-electron chi connectivity index (χ2n) is 4.14. The summed E-state index contributed by atoms with van der Waals surface area (Å²) in [6.45, 7) is 3.98. The summed E-state index contributed by atoms with van der Waals surface area (Å²) in [6.07, 6.45) is 1.47. The maximum atomic E-state index is 13.3. The third-order valence-corrected chi connectivity index (χ3v) is 2.79. The molecule has 2 N–H and O–H groups in total. The number of benzene rings is 1. The Hall–Kier alpha value is -1.03. The molecule has 2 unspecified atom stereocenters. The number of hydrogen-bond donors (Lipinski definition) is 1. The zero-order valence-electron chi connectivity index (χ0n) is 9.43. The molecule has 0 amide bonds. The second-order valence-corrected chi connectivity index (χ2v) is 4.14. The third kappa shape index (κ3) is 2.98. The van der Waals surface area contributed by atoms with E-state index < -0.39 is 23.5 Å². The molecule has 0 radical (unpaired) electrons. The summed E-state index contributed by atoms with van der Waals surface area (Å²) < 4.78 is 39.0. The van der Waals surface area contributed by atoms with Crippen molar-refractivity contribution < 1.29 is 13.2 Å². The van der Waals surface area contributed by atoms with E-state index in [-0.39, 0.29) is 5.56 Å². The van der Waals surface area contributed by atoms with Crippen LogP contribution in [0.2, 0.25) is 0 Å². The summed E-state index contributed by atoms with van der Waals surface area (Å²) in [4.78, 5) is 0. The van der Waals surface area contributed by atoms with E-state index in [9.17, 15) is 13.2 Å². The van der Waals surface area contributed by atoms with Crippen LogP contribution in [0.1, 0.15) is 38.3 Å². The Labute approximate surface area is 93.5 Å². The molecule has 0 aliphatic carbocycles. The van der Waals surface area contributed by atoms with Gasteiger partial charge in [-0.15, -0.1) is 0 Å². The van der Waals surface area contributed by atoms with E-state index in [0.717, 1.165) is 12.5 Å². The number of rotatable bonds is 4. The van der Waals surface area contributed by atoms with Gasteiger partial charge in [-0.25, -0.2) is 13.2 Å². The van der Waals surface area contributed by atoms with Gasteiger partial charge in [0, 0.05) is 17.7 Å². The van der Waals surface area contributed by atoms with Crippen LogP contribution in [0.3, 0.4) is 0 Å². The SMILES string of the molecule is CCC(C)CC(N)c1cc(F)c(F)cc1F. The topological polar surface area (TPSA) is 26.0 Å². The summed E-state index contributed by atoms with van der Waals surface area (Å²) in [5.41, 5.74) is 5.80. The molecule has 1 rings (SSSR count). The van der Waals surface area contributed by atoms with Gasteiger partial charge in [-0.1, -0.05) is 20.3 Å². The molecule has 2 atom stereocenters. The molecule has 0 heterocycles. The standard InChI is InChI=1S/C12H16F3N/c1-3-7(2)4-12(16)8-5-10(14)11(15)6-9(8)13/h5-7,12H,3-4,16H2,1-2H3. The van der Waals surface area contributed by atoms with Crippen LogP contribution in [-0.4, -0.2) is 0 Å². The van der Waals surface area contributed by atoms with E-state index in [2.05, 4.69) is 0 Å². The van der Waals surface area contributed by atoms with Crippen molar-refractivity contribution in [2.24, 2.45) is 11.7 Å². The first-order valence-electron chi connectivity index (χ1n) is 5.35. The molecule has 0 saturated heterocycles. The number of halogens is 3. The van der Waals surface area contributed by atoms with E-state index in [1.165, 1.54) is 0 Å². The van der Waals surface area contributed by atoms with Crippen molar-refractivity contribution in [2.75, 3.05) is 0 Å². The van der Waals surface area contributed by atoms with Crippen molar-refractivity contribution in [3.05, 3.63) is 35.1 Å². The lowest BCUT2D eigenvalue weighted by atomic mass is 9.94. The maximum Gasteiger partial charge on any atom is 0.161 e. The second kappa shape index (κ2) is 5.34. The minimum atomic E-state index is -1.18. The Balaban J connectivity index is 2.91. The van der Waals surface area contributed by atoms with Gasteiger partial charge in [0.15, 0.2) is 11.6 Å². The van der Waals surface area contributed by atoms with Gasteiger partial charge < -0.3 is 5.73 Å². The first-order valence-corrected chi connectivity index (χ1v) is 5.35. The van der Waals surface area contributed by atoms with Gasteiger partial charge in [0.2, 0.25) is 0 Å². The number of nitrogens with two attached hydrogens (primary N) is 1. The van der Waals surface area contributed by atoms with Crippen LogP contribution in [0.5, 0.6) is 0 Å². The van der Waals surface area contributed by atoms with Gasteiger partial charge >= 0.3 is 0 Å². The minimum absolute atomic E-state index is 0.0409. The van der Waals surface area contributed by atoms with Gasteiger partial charge in [-0.05, 0) is 18.4 Å². The molecule has 16 heavy (non-hydrogen) atoms. The molecular formula is C12H16F3N. The van der Waals surface area contributed by atoms with Crippen molar-refractivity contribution >= 4 is 0 Å². The normalized spacial score (nSPS) is 14.9. The van der Waals surface area contributed by atoms with Crippen LogP contribution in [0, 0.1) is 23.4 Å². The average molecular weight is 231 g/mol. The first-order chi connectivity index (χ1) is 7.45. The van der Waals surface area contributed by atoms with Crippen molar-refractivity contribution in [1.82, 2.24) is 0 Å². The summed E-state index contributed by atoms with van der Waals surface area (Å²) in [6, 6.07) is 0.795. The van der Waals surface area contributed by atoms with Gasteiger partial charge in [-0.3, -0.25) is 0 Å². The molecular weight excluding hydrogens is 215 g/mol. The smallest absolute Gasteiger partial charge is 0.161 e. The van der Waals surface area contributed by atoms with E-state index >= 15 is 0 Å². The summed E-state index contributed by atoms with van der Waals surface area (Å²) in [7, 11) is 0.